The highest BCUT2D eigenvalue weighted by atomic mass is 79.9. The Morgan fingerprint density at radius 3 is 2.64 bits per heavy atom. The molecule has 0 bridgehead atoms. The molecule has 0 unspecified atom stereocenters. The summed E-state index contributed by atoms with van der Waals surface area (Å²) >= 11 is 3.04. The van der Waals surface area contributed by atoms with Crippen LogP contribution in [0.4, 0.5) is 4.39 Å². The van der Waals surface area contributed by atoms with Crippen molar-refractivity contribution in [3.05, 3.63) is 33.5 Å². The number of rotatable bonds is 2. The number of hydrogen-bond donors (Lipinski definition) is 2. The smallest absolute Gasteiger partial charge is 0.337 e. The fourth-order valence-electron chi connectivity index (χ4n) is 1.05. The van der Waals surface area contributed by atoms with E-state index >= 15 is 0 Å². The van der Waals surface area contributed by atoms with Crippen LogP contribution in [0.25, 0.3) is 0 Å². The van der Waals surface area contributed by atoms with Gasteiger partial charge in [0.1, 0.15) is 5.82 Å². The Morgan fingerprint density at radius 1 is 1.57 bits per heavy atom. The van der Waals surface area contributed by atoms with Gasteiger partial charge in [-0.25, -0.2) is 9.18 Å². The van der Waals surface area contributed by atoms with Gasteiger partial charge in [0.25, 0.3) is 0 Å². The van der Waals surface area contributed by atoms with Gasteiger partial charge in [-0.1, -0.05) is 22.0 Å². The van der Waals surface area contributed by atoms with Gasteiger partial charge < -0.3 is 10.2 Å². The number of aryl methyl sites for hydroxylation is 1. The highest BCUT2D eigenvalue weighted by Gasteiger charge is 2.23. The van der Waals surface area contributed by atoms with Crippen LogP contribution in [0.3, 0.4) is 0 Å². The van der Waals surface area contributed by atoms with Crippen LogP contribution in [0.1, 0.15) is 17.2 Å². The Kier molecular flexibility index (Phi) is 3.23. The van der Waals surface area contributed by atoms with Crippen LogP contribution in [-0.4, -0.2) is 16.2 Å². The number of carboxylic acid groups (broad SMARTS) is 1. The summed E-state index contributed by atoms with van der Waals surface area (Å²) in [4.78, 5) is 10.5. The van der Waals surface area contributed by atoms with Crippen molar-refractivity contribution in [3.8, 4) is 0 Å². The molecule has 0 radical (unpaired) electrons. The summed E-state index contributed by atoms with van der Waals surface area (Å²) in [5.74, 6) is -2.22. The first kappa shape index (κ1) is 11.1. The van der Waals surface area contributed by atoms with Crippen LogP contribution in [0.5, 0.6) is 0 Å². The molecule has 1 rings (SSSR count). The van der Waals surface area contributed by atoms with Crippen molar-refractivity contribution in [1.82, 2.24) is 0 Å². The van der Waals surface area contributed by atoms with Crippen molar-refractivity contribution in [1.29, 1.82) is 0 Å². The zero-order chi connectivity index (χ0) is 10.9. The Hall–Kier alpha value is -0.940. The van der Waals surface area contributed by atoms with Gasteiger partial charge in [-0.3, -0.25) is 0 Å². The van der Waals surface area contributed by atoms with E-state index in [1.807, 2.05) is 0 Å². The minimum atomic E-state index is -1.84. The van der Waals surface area contributed by atoms with Crippen LogP contribution in [0, 0.1) is 12.7 Å². The molecule has 0 amide bonds. The average molecular weight is 263 g/mol. The normalized spacial score (nSPS) is 12.6. The Morgan fingerprint density at radius 2 is 2.14 bits per heavy atom. The fraction of sp³-hybridized carbons (Fsp3) is 0.222. The van der Waals surface area contributed by atoms with Crippen molar-refractivity contribution >= 4 is 21.9 Å². The molecule has 1 aromatic carbocycles. The highest BCUT2D eigenvalue weighted by molar-refractivity contribution is 9.10. The zero-order valence-electron chi connectivity index (χ0n) is 7.29. The first-order valence-electron chi connectivity index (χ1n) is 3.80. The number of halogens is 2. The van der Waals surface area contributed by atoms with E-state index in [2.05, 4.69) is 15.9 Å². The van der Waals surface area contributed by atoms with Crippen LogP contribution in [0.2, 0.25) is 0 Å². The van der Waals surface area contributed by atoms with Crippen LogP contribution in [-0.2, 0) is 4.79 Å². The van der Waals surface area contributed by atoms with Gasteiger partial charge >= 0.3 is 5.97 Å². The van der Waals surface area contributed by atoms with Gasteiger partial charge in [-0.15, -0.1) is 0 Å². The molecule has 1 atom stereocenters. The maximum absolute atomic E-state index is 13.2. The molecule has 2 N–H and O–H groups in total. The van der Waals surface area contributed by atoms with E-state index < -0.39 is 17.9 Å². The molecule has 0 saturated carbocycles. The number of benzene rings is 1. The first-order chi connectivity index (χ1) is 6.45. The summed E-state index contributed by atoms with van der Waals surface area (Å²) in [5, 5.41) is 17.8. The molecule has 14 heavy (non-hydrogen) atoms. The quantitative estimate of drug-likeness (QED) is 0.858. The first-order valence-corrected chi connectivity index (χ1v) is 4.59. The van der Waals surface area contributed by atoms with Gasteiger partial charge in [0.2, 0.25) is 0 Å². The van der Waals surface area contributed by atoms with Crippen molar-refractivity contribution in [3.63, 3.8) is 0 Å². The van der Waals surface area contributed by atoms with Crippen molar-refractivity contribution < 1.29 is 19.4 Å². The van der Waals surface area contributed by atoms with Gasteiger partial charge in [0.05, 0.1) is 0 Å². The lowest BCUT2D eigenvalue weighted by molar-refractivity contribution is -0.147. The lowest BCUT2D eigenvalue weighted by Crippen LogP contribution is -2.13. The second-order valence-electron chi connectivity index (χ2n) is 2.83. The standard InChI is InChI=1S/C9H8BrFO3/c1-4-2-3-5(11)6(7(4)10)8(12)9(13)14/h2-3,8,12H,1H3,(H,13,14)/t8-/m1/s1. The monoisotopic (exact) mass is 262 g/mol. The molecule has 0 aliphatic carbocycles. The molecular weight excluding hydrogens is 255 g/mol. The van der Waals surface area contributed by atoms with Crippen molar-refractivity contribution in [2.75, 3.05) is 0 Å². The van der Waals surface area contributed by atoms with Crippen LogP contribution in [0.15, 0.2) is 16.6 Å². The van der Waals surface area contributed by atoms with E-state index in [4.69, 9.17) is 5.11 Å². The number of aliphatic hydroxyl groups is 1. The van der Waals surface area contributed by atoms with Crippen molar-refractivity contribution in [2.45, 2.75) is 13.0 Å². The maximum Gasteiger partial charge on any atom is 0.337 e. The molecule has 0 fully saturated rings. The third kappa shape index (κ3) is 1.93. The Labute approximate surface area is 88.3 Å². The summed E-state index contributed by atoms with van der Waals surface area (Å²) in [5.41, 5.74) is 0.430. The second kappa shape index (κ2) is 4.06. The third-order valence-corrected chi connectivity index (χ3v) is 2.88. The van der Waals surface area contributed by atoms with Gasteiger partial charge in [-0.05, 0) is 18.6 Å². The molecule has 0 aliphatic heterocycles. The van der Waals surface area contributed by atoms with E-state index in [0.717, 1.165) is 6.07 Å². The largest absolute Gasteiger partial charge is 0.479 e. The Bertz CT molecular complexity index is 379. The van der Waals surface area contributed by atoms with E-state index in [0.29, 0.717) is 5.56 Å². The minimum absolute atomic E-state index is 0.238. The Balaban J connectivity index is 3.32. The molecule has 3 nitrogen and oxygen atoms in total. The zero-order valence-corrected chi connectivity index (χ0v) is 8.88. The molecule has 0 aromatic heterocycles. The lowest BCUT2D eigenvalue weighted by Gasteiger charge is -2.11. The molecule has 0 saturated heterocycles. The number of carboxylic acids is 1. The van der Waals surface area contributed by atoms with Gasteiger partial charge in [-0.2, -0.15) is 0 Å². The number of carbonyl (C=O) groups is 1. The summed E-state index contributed by atoms with van der Waals surface area (Å²) in [6.07, 6.45) is -1.84. The van der Waals surface area contributed by atoms with Crippen molar-refractivity contribution in [2.24, 2.45) is 0 Å². The molecule has 76 valence electrons. The number of aliphatic hydroxyl groups excluding tert-OH is 1. The molecule has 0 aliphatic rings. The summed E-state index contributed by atoms with van der Waals surface area (Å²) < 4.78 is 13.5. The predicted octanol–water partition coefficient (Wildman–Crippen LogP) is 2.01. The second-order valence-corrected chi connectivity index (χ2v) is 3.63. The average Bonchev–Trinajstić information content (AvgIpc) is 2.12. The van der Waals surface area contributed by atoms with E-state index in [-0.39, 0.29) is 10.0 Å². The van der Waals surface area contributed by atoms with Gasteiger partial charge in [0.15, 0.2) is 6.10 Å². The molecule has 5 heteroatoms. The van der Waals surface area contributed by atoms with E-state index in [9.17, 15) is 14.3 Å². The molecule has 0 heterocycles. The number of aliphatic carboxylic acids is 1. The van der Waals surface area contributed by atoms with Gasteiger partial charge in [0, 0.05) is 10.0 Å². The predicted molar refractivity (Wildman–Crippen MR) is 51.4 cm³/mol. The van der Waals surface area contributed by atoms with Crippen LogP contribution >= 0.6 is 15.9 Å². The molecule has 0 spiro atoms. The molecule has 1 aromatic rings. The lowest BCUT2D eigenvalue weighted by atomic mass is 10.1. The molecular formula is C9H8BrFO3. The minimum Gasteiger partial charge on any atom is -0.479 e. The summed E-state index contributed by atoms with van der Waals surface area (Å²) in [6.45, 7) is 1.68. The fourth-order valence-corrected chi connectivity index (χ4v) is 1.59. The summed E-state index contributed by atoms with van der Waals surface area (Å²) in [7, 11) is 0. The van der Waals surface area contributed by atoms with E-state index in [1.54, 1.807) is 6.92 Å². The van der Waals surface area contributed by atoms with Crippen LogP contribution < -0.4 is 0 Å². The third-order valence-electron chi connectivity index (χ3n) is 1.83. The maximum atomic E-state index is 13.2. The highest BCUT2D eigenvalue weighted by Crippen LogP contribution is 2.29. The topological polar surface area (TPSA) is 57.5 Å². The SMILES string of the molecule is Cc1ccc(F)c([C@@H](O)C(=O)O)c1Br. The number of hydrogen-bond acceptors (Lipinski definition) is 2. The summed E-state index contributed by atoms with van der Waals surface area (Å²) in [6, 6.07) is 2.62. The van der Waals surface area contributed by atoms with E-state index in [1.165, 1.54) is 6.07 Å².